The van der Waals surface area contributed by atoms with E-state index in [1.165, 1.54) is 5.56 Å². The molecule has 0 aliphatic rings. The fraction of sp³-hybridized carbons (Fsp3) is 0.231. The number of nitrogens with zero attached hydrogens (tertiary/aromatic N) is 1. The maximum absolute atomic E-state index is 12.9. The number of methoxy groups -OCH3 is 1. The van der Waals surface area contributed by atoms with Crippen molar-refractivity contribution in [1.29, 1.82) is 0 Å². The highest BCUT2D eigenvalue weighted by molar-refractivity contribution is 9.10. The molecule has 1 heterocycles. The number of hydrogen-bond acceptors (Lipinski definition) is 4. The molecular weight excluding hydrogens is 468 g/mol. The summed E-state index contributed by atoms with van der Waals surface area (Å²) in [7, 11) is 1.56. The third-order valence-corrected chi connectivity index (χ3v) is 5.79. The Morgan fingerprint density at radius 1 is 1.06 bits per heavy atom. The van der Waals surface area contributed by atoms with E-state index in [0.717, 1.165) is 15.6 Å². The minimum Gasteiger partial charge on any atom is -0.496 e. The first-order valence-corrected chi connectivity index (χ1v) is 11.1. The van der Waals surface area contributed by atoms with E-state index in [2.05, 4.69) is 59.1 Å². The molecule has 0 aliphatic heterocycles. The molecule has 5 nitrogen and oxygen atoms in total. The SMILES string of the molecule is COc1c(C)cc(Br)cc1C(=O)Nc1ccc2oc(-c3ccc(C(C)(C)C)cc3)nc2c1. The predicted octanol–water partition coefficient (Wildman–Crippen LogP) is 7.12. The van der Waals surface area contributed by atoms with Crippen molar-refractivity contribution in [1.82, 2.24) is 4.98 Å². The van der Waals surface area contributed by atoms with Crippen LogP contribution in [0, 0.1) is 6.92 Å². The number of fused-ring (bicyclic) bond motifs is 1. The van der Waals surface area contributed by atoms with Crippen molar-refractivity contribution in [2.24, 2.45) is 0 Å². The topological polar surface area (TPSA) is 64.4 Å². The van der Waals surface area contributed by atoms with Gasteiger partial charge in [0, 0.05) is 15.7 Å². The third-order valence-electron chi connectivity index (χ3n) is 5.33. The van der Waals surface area contributed by atoms with Gasteiger partial charge in [-0.05, 0) is 65.9 Å². The summed E-state index contributed by atoms with van der Waals surface area (Å²) in [4.78, 5) is 17.5. The average molecular weight is 493 g/mol. The number of halogens is 1. The summed E-state index contributed by atoms with van der Waals surface area (Å²) < 4.78 is 12.2. The first-order valence-electron chi connectivity index (χ1n) is 10.3. The van der Waals surface area contributed by atoms with Crippen LogP contribution >= 0.6 is 15.9 Å². The second-order valence-corrected chi connectivity index (χ2v) is 9.70. The van der Waals surface area contributed by atoms with E-state index in [1.807, 2.05) is 31.2 Å². The molecule has 1 aromatic heterocycles. The lowest BCUT2D eigenvalue weighted by Crippen LogP contribution is -2.13. The van der Waals surface area contributed by atoms with Crippen molar-refractivity contribution in [2.75, 3.05) is 12.4 Å². The lowest BCUT2D eigenvalue weighted by Gasteiger charge is -2.18. The van der Waals surface area contributed by atoms with Gasteiger partial charge in [-0.1, -0.05) is 48.8 Å². The molecule has 0 spiro atoms. The van der Waals surface area contributed by atoms with E-state index in [1.54, 1.807) is 25.3 Å². The van der Waals surface area contributed by atoms with Crippen molar-refractivity contribution < 1.29 is 13.9 Å². The Balaban J connectivity index is 1.61. The smallest absolute Gasteiger partial charge is 0.259 e. The Hall–Kier alpha value is -3.12. The molecule has 0 fully saturated rings. The molecule has 4 rings (SSSR count). The number of aromatic nitrogens is 1. The maximum atomic E-state index is 12.9. The molecule has 0 radical (unpaired) electrons. The molecule has 0 atom stereocenters. The van der Waals surface area contributed by atoms with Crippen LogP contribution in [0.25, 0.3) is 22.6 Å². The van der Waals surface area contributed by atoms with Gasteiger partial charge < -0.3 is 14.5 Å². The number of rotatable bonds is 4. The largest absolute Gasteiger partial charge is 0.496 e. The summed E-state index contributed by atoms with van der Waals surface area (Å²) >= 11 is 3.44. The van der Waals surface area contributed by atoms with Gasteiger partial charge in [0.15, 0.2) is 5.58 Å². The molecule has 32 heavy (non-hydrogen) atoms. The van der Waals surface area contributed by atoms with E-state index in [4.69, 9.17) is 9.15 Å². The van der Waals surface area contributed by atoms with Gasteiger partial charge in [-0.3, -0.25) is 4.79 Å². The zero-order valence-electron chi connectivity index (χ0n) is 18.7. The van der Waals surface area contributed by atoms with Crippen LogP contribution in [-0.2, 0) is 5.41 Å². The van der Waals surface area contributed by atoms with E-state index in [-0.39, 0.29) is 11.3 Å². The Kier molecular flexibility index (Phi) is 5.82. The quantitative estimate of drug-likeness (QED) is 0.329. The minimum atomic E-state index is -0.257. The fourth-order valence-electron chi connectivity index (χ4n) is 3.61. The van der Waals surface area contributed by atoms with Crippen LogP contribution in [-0.4, -0.2) is 18.0 Å². The normalized spacial score (nSPS) is 11.6. The van der Waals surface area contributed by atoms with Gasteiger partial charge in [0.1, 0.15) is 11.3 Å². The lowest BCUT2D eigenvalue weighted by atomic mass is 9.87. The van der Waals surface area contributed by atoms with Crippen molar-refractivity contribution in [3.8, 4) is 17.2 Å². The number of nitrogens with one attached hydrogen (secondary N) is 1. The van der Waals surface area contributed by atoms with E-state index < -0.39 is 0 Å². The van der Waals surface area contributed by atoms with Crippen LogP contribution in [0.1, 0.15) is 42.3 Å². The predicted molar refractivity (Wildman–Crippen MR) is 132 cm³/mol. The average Bonchev–Trinajstić information content (AvgIpc) is 3.16. The monoisotopic (exact) mass is 492 g/mol. The van der Waals surface area contributed by atoms with Gasteiger partial charge in [0.05, 0.1) is 12.7 Å². The first-order chi connectivity index (χ1) is 15.2. The van der Waals surface area contributed by atoms with Gasteiger partial charge in [-0.15, -0.1) is 0 Å². The molecule has 1 N–H and O–H groups in total. The first kappa shape index (κ1) is 22.1. The number of amides is 1. The number of anilines is 1. The highest BCUT2D eigenvalue weighted by Gasteiger charge is 2.17. The molecular formula is C26H25BrN2O3. The molecule has 0 unspecified atom stereocenters. The molecule has 0 bridgehead atoms. The number of carbonyl (C=O) groups excluding carboxylic acids is 1. The summed E-state index contributed by atoms with van der Waals surface area (Å²) in [6, 6.07) is 17.3. The highest BCUT2D eigenvalue weighted by Crippen LogP contribution is 2.31. The molecule has 6 heteroatoms. The molecule has 0 saturated heterocycles. The summed E-state index contributed by atoms with van der Waals surface area (Å²) in [5.41, 5.74) is 5.55. The lowest BCUT2D eigenvalue weighted by molar-refractivity contribution is 0.102. The second-order valence-electron chi connectivity index (χ2n) is 8.79. The van der Waals surface area contributed by atoms with Gasteiger partial charge in [-0.2, -0.15) is 0 Å². The molecule has 164 valence electrons. The van der Waals surface area contributed by atoms with Gasteiger partial charge in [0.2, 0.25) is 5.89 Å². The molecule has 3 aromatic carbocycles. The van der Waals surface area contributed by atoms with Crippen LogP contribution in [0.5, 0.6) is 5.75 Å². The van der Waals surface area contributed by atoms with Gasteiger partial charge in [0.25, 0.3) is 5.91 Å². The van der Waals surface area contributed by atoms with Crippen LogP contribution in [0.15, 0.2) is 63.5 Å². The fourth-order valence-corrected chi connectivity index (χ4v) is 4.18. The maximum Gasteiger partial charge on any atom is 0.259 e. The third kappa shape index (κ3) is 4.41. The minimum absolute atomic E-state index is 0.0858. The van der Waals surface area contributed by atoms with Crippen LogP contribution in [0.2, 0.25) is 0 Å². The molecule has 0 saturated carbocycles. The highest BCUT2D eigenvalue weighted by atomic mass is 79.9. The van der Waals surface area contributed by atoms with Gasteiger partial charge in [-0.25, -0.2) is 4.98 Å². The number of oxazole rings is 1. The Bertz CT molecular complexity index is 1300. The number of carbonyl (C=O) groups is 1. The zero-order chi connectivity index (χ0) is 23.0. The Labute approximate surface area is 195 Å². The molecule has 0 aliphatic carbocycles. The summed E-state index contributed by atoms with van der Waals surface area (Å²) in [6.07, 6.45) is 0. The summed E-state index contributed by atoms with van der Waals surface area (Å²) in [5.74, 6) is 0.842. The van der Waals surface area contributed by atoms with E-state index >= 15 is 0 Å². The standard InChI is InChI=1S/C26H25BrN2O3/c1-15-12-18(27)13-20(23(15)31-5)24(30)28-19-10-11-22-21(14-19)29-25(32-22)16-6-8-17(9-7-16)26(2,3)4/h6-14H,1-5H3,(H,28,30). The summed E-state index contributed by atoms with van der Waals surface area (Å²) in [5, 5.41) is 2.93. The molecule has 1 amide bonds. The number of benzene rings is 3. The number of hydrogen-bond donors (Lipinski definition) is 1. The Morgan fingerprint density at radius 3 is 2.44 bits per heavy atom. The van der Waals surface area contributed by atoms with Crippen LogP contribution in [0.4, 0.5) is 5.69 Å². The van der Waals surface area contributed by atoms with Gasteiger partial charge >= 0.3 is 0 Å². The van der Waals surface area contributed by atoms with Crippen LogP contribution in [0.3, 0.4) is 0 Å². The zero-order valence-corrected chi connectivity index (χ0v) is 20.3. The second kappa shape index (κ2) is 8.43. The van der Waals surface area contributed by atoms with E-state index in [0.29, 0.717) is 34.0 Å². The summed E-state index contributed by atoms with van der Waals surface area (Å²) in [6.45, 7) is 8.45. The van der Waals surface area contributed by atoms with Crippen molar-refractivity contribution in [2.45, 2.75) is 33.1 Å². The van der Waals surface area contributed by atoms with Crippen molar-refractivity contribution in [3.05, 3.63) is 75.8 Å². The van der Waals surface area contributed by atoms with Crippen molar-refractivity contribution in [3.63, 3.8) is 0 Å². The Morgan fingerprint density at radius 2 is 1.78 bits per heavy atom. The molecule has 4 aromatic rings. The van der Waals surface area contributed by atoms with E-state index in [9.17, 15) is 4.79 Å². The van der Waals surface area contributed by atoms with Crippen LogP contribution < -0.4 is 10.1 Å². The number of aryl methyl sites for hydroxylation is 1. The number of ether oxygens (including phenoxy) is 1. The van der Waals surface area contributed by atoms with Crippen molar-refractivity contribution >= 4 is 38.6 Å².